The highest BCUT2D eigenvalue weighted by Crippen LogP contribution is 2.24. The van der Waals surface area contributed by atoms with Gasteiger partial charge >= 0.3 is 0 Å². The van der Waals surface area contributed by atoms with Gasteiger partial charge in [0.1, 0.15) is 0 Å². The van der Waals surface area contributed by atoms with E-state index in [0.717, 1.165) is 19.4 Å². The fourth-order valence-electron chi connectivity index (χ4n) is 3.33. The van der Waals surface area contributed by atoms with Crippen molar-refractivity contribution in [3.8, 4) is 0 Å². The Morgan fingerprint density at radius 3 is 2.80 bits per heavy atom. The third-order valence-electron chi connectivity index (χ3n) is 4.61. The molecule has 3 heteroatoms. The van der Waals surface area contributed by atoms with E-state index in [-0.39, 0.29) is 18.0 Å². The van der Waals surface area contributed by atoms with Crippen molar-refractivity contribution in [1.82, 2.24) is 10.6 Å². The summed E-state index contributed by atoms with van der Waals surface area (Å²) in [5.74, 6) is 0.146. The molecule has 1 amide bonds. The Morgan fingerprint density at radius 1 is 1.25 bits per heavy atom. The second kappa shape index (κ2) is 5.96. The van der Waals surface area contributed by atoms with E-state index in [9.17, 15) is 4.79 Å². The van der Waals surface area contributed by atoms with E-state index in [0.29, 0.717) is 0 Å². The predicted octanol–water partition coefficient (Wildman–Crippen LogP) is 2.49. The van der Waals surface area contributed by atoms with E-state index in [4.69, 9.17) is 0 Å². The minimum atomic E-state index is 0.00933. The van der Waals surface area contributed by atoms with Crippen molar-refractivity contribution < 1.29 is 4.79 Å². The lowest BCUT2D eigenvalue weighted by molar-refractivity contribution is -0.123. The zero-order chi connectivity index (χ0) is 13.9. The number of hydrogen-bond donors (Lipinski definition) is 2. The summed E-state index contributed by atoms with van der Waals surface area (Å²) in [5, 5.41) is 6.39. The maximum Gasteiger partial charge on any atom is 0.237 e. The first-order valence-electron chi connectivity index (χ1n) is 7.89. The molecule has 2 atom stereocenters. The van der Waals surface area contributed by atoms with Crippen LogP contribution in [-0.2, 0) is 17.6 Å². The molecule has 20 heavy (non-hydrogen) atoms. The van der Waals surface area contributed by atoms with Crippen molar-refractivity contribution in [2.24, 2.45) is 0 Å². The summed E-state index contributed by atoms with van der Waals surface area (Å²) in [6.45, 7) is 3.04. The quantitative estimate of drug-likeness (QED) is 0.887. The van der Waals surface area contributed by atoms with Gasteiger partial charge in [-0.3, -0.25) is 4.79 Å². The predicted molar refractivity (Wildman–Crippen MR) is 80.7 cm³/mol. The lowest BCUT2D eigenvalue weighted by atomic mass is 9.89. The molecule has 1 aliphatic heterocycles. The molecule has 0 bridgehead atoms. The molecule has 3 nitrogen and oxygen atoms in total. The van der Waals surface area contributed by atoms with Crippen LogP contribution < -0.4 is 10.6 Å². The van der Waals surface area contributed by atoms with E-state index >= 15 is 0 Å². The SMILES string of the molecule is CC(NC(=O)[C@H]1CCCN1)c1ccc2c(c1)CCCC2. The molecule has 2 N–H and O–H groups in total. The fraction of sp³-hybridized carbons (Fsp3) is 0.588. The number of rotatable bonds is 3. The Balaban J connectivity index is 1.67. The van der Waals surface area contributed by atoms with Crippen LogP contribution in [0.25, 0.3) is 0 Å². The second-order valence-corrected chi connectivity index (χ2v) is 6.11. The highest BCUT2D eigenvalue weighted by Gasteiger charge is 2.23. The van der Waals surface area contributed by atoms with Gasteiger partial charge in [0.25, 0.3) is 0 Å². The maximum absolute atomic E-state index is 12.1. The van der Waals surface area contributed by atoms with Crippen LogP contribution in [0.4, 0.5) is 0 Å². The van der Waals surface area contributed by atoms with Crippen LogP contribution >= 0.6 is 0 Å². The molecule has 0 aromatic heterocycles. The molecule has 0 spiro atoms. The van der Waals surface area contributed by atoms with Crippen molar-refractivity contribution in [2.75, 3.05) is 6.54 Å². The van der Waals surface area contributed by atoms with E-state index in [1.165, 1.54) is 42.4 Å². The number of hydrogen-bond acceptors (Lipinski definition) is 2. The summed E-state index contributed by atoms with van der Waals surface area (Å²) in [7, 11) is 0. The van der Waals surface area contributed by atoms with Gasteiger partial charge in [-0.25, -0.2) is 0 Å². The number of carbonyl (C=O) groups excluding carboxylic acids is 1. The second-order valence-electron chi connectivity index (χ2n) is 6.11. The highest BCUT2D eigenvalue weighted by molar-refractivity contribution is 5.82. The smallest absolute Gasteiger partial charge is 0.237 e. The third kappa shape index (κ3) is 2.88. The van der Waals surface area contributed by atoms with Gasteiger partial charge < -0.3 is 10.6 Å². The summed E-state index contributed by atoms with van der Waals surface area (Å²) in [6.07, 6.45) is 7.07. The number of aryl methyl sites for hydroxylation is 2. The molecule has 0 saturated carbocycles. The molecule has 1 saturated heterocycles. The topological polar surface area (TPSA) is 41.1 Å². The number of carbonyl (C=O) groups is 1. The number of benzene rings is 1. The Kier molecular flexibility index (Phi) is 4.06. The van der Waals surface area contributed by atoms with Crippen LogP contribution in [-0.4, -0.2) is 18.5 Å². The van der Waals surface area contributed by atoms with Crippen molar-refractivity contribution in [1.29, 1.82) is 0 Å². The Labute approximate surface area is 121 Å². The molecule has 1 aromatic rings. The largest absolute Gasteiger partial charge is 0.348 e. The van der Waals surface area contributed by atoms with Crippen molar-refractivity contribution in [2.45, 2.75) is 57.5 Å². The number of fused-ring (bicyclic) bond motifs is 1. The highest BCUT2D eigenvalue weighted by atomic mass is 16.2. The molecule has 3 rings (SSSR count). The molecule has 108 valence electrons. The lowest BCUT2D eigenvalue weighted by Gasteiger charge is -2.21. The average Bonchev–Trinajstić information content (AvgIpc) is 3.01. The average molecular weight is 272 g/mol. The van der Waals surface area contributed by atoms with Gasteiger partial charge in [-0.2, -0.15) is 0 Å². The minimum Gasteiger partial charge on any atom is -0.348 e. The van der Waals surface area contributed by atoms with Crippen molar-refractivity contribution in [3.63, 3.8) is 0 Å². The third-order valence-corrected chi connectivity index (χ3v) is 4.61. The van der Waals surface area contributed by atoms with Crippen LogP contribution in [0, 0.1) is 0 Å². The summed E-state index contributed by atoms with van der Waals surface area (Å²) >= 11 is 0. The molecule has 1 unspecified atom stereocenters. The summed E-state index contributed by atoms with van der Waals surface area (Å²) in [6, 6.07) is 6.83. The number of nitrogens with one attached hydrogen (secondary N) is 2. The Hall–Kier alpha value is -1.35. The van der Waals surface area contributed by atoms with Crippen molar-refractivity contribution in [3.05, 3.63) is 34.9 Å². The normalized spacial score (nSPS) is 23.1. The fourth-order valence-corrected chi connectivity index (χ4v) is 3.33. The molecule has 0 radical (unpaired) electrons. The zero-order valence-electron chi connectivity index (χ0n) is 12.2. The summed E-state index contributed by atoms with van der Waals surface area (Å²) in [4.78, 5) is 12.1. The van der Waals surface area contributed by atoms with Crippen LogP contribution in [0.15, 0.2) is 18.2 Å². The van der Waals surface area contributed by atoms with Gasteiger partial charge in [0.2, 0.25) is 5.91 Å². The van der Waals surface area contributed by atoms with Crippen LogP contribution in [0.1, 0.15) is 55.3 Å². The van der Waals surface area contributed by atoms with Gasteiger partial charge in [-0.15, -0.1) is 0 Å². The van der Waals surface area contributed by atoms with E-state index in [1.54, 1.807) is 0 Å². The first-order chi connectivity index (χ1) is 9.74. The van der Waals surface area contributed by atoms with Gasteiger partial charge in [-0.1, -0.05) is 18.2 Å². The standard InChI is InChI=1S/C17H24N2O/c1-12(19-17(20)16-7-4-10-18-16)14-9-8-13-5-2-3-6-15(13)11-14/h8-9,11-12,16,18H,2-7,10H2,1H3,(H,19,20)/t12?,16-/m1/s1. The van der Waals surface area contributed by atoms with E-state index in [1.807, 2.05) is 0 Å². The first-order valence-corrected chi connectivity index (χ1v) is 7.89. The van der Waals surface area contributed by atoms with Crippen LogP contribution in [0.5, 0.6) is 0 Å². The molecule has 1 aromatic carbocycles. The van der Waals surface area contributed by atoms with Gasteiger partial charge in [-0.05, 0) is 68.7 Å². The molecule has 1 heterocycles. The van der Waals surface area contributed by atoms with E-state index in [2.05, 4.69) is 35.8 Å². The van der Waals surface area contributed by atoms with Gasteiger partial charge in [0, 0.05) is 0 Å². The molecular formula is C17H24N2O. The lowest BCUT2D eigenvalue weighted by Crippen LogP contribution is -2.41. The van der Waals surface area contributed by atoms with Crippen molar-refractivity contribution >= 4 is 5.91 Å². The summed E-state index contributed by atoms with van der Waals surface area (Å²) in [5.41, 5.74) is 4.21. The molecule has 1 aliphatic carbocycles. The monoisotopic (exact) mass is 272 g/mol. The summed E-state index contributed by atoms with van der Waals surface area (Å²) < 4.78 is 0. The van der Waals surface area contributed by atoms with Gasteiger partial charge in [0.05, 0.1) is 12.1 Å². The van der Waals surface area contributed by atoms with Crippen LogP contribution in [0.3, 0.4) is 0 Å². The molecule has 1 fully saturated rings. The maximum atomic E-state index is 12.1. The molecular weight excluding hydrogens is 248 g/mol. The number of amides is 1. The van der Waals surface area contributed by atoms with Gasteiger partial charge in [0.15, 0.2) is 0 Å². The Bertz CT molecular complexity index is 492. The Morgan fingerprint density at radius 2 is 2.05 bits per heavy atom. The van der Waals surface area contributed by atoms with E-state index < -0.39 is 0 Å². The zero-order valence-corrected chi connectivity index (χ0v) is 12.2. The molecule has 2 aliphatic rings. The minimum absolute atomic E-state index is 0.00933. The van der Waals surface area contributed by atoms with Crippen LogP contribution in [0.2, 0.25) is 0 Å². The first kappa shape index (κ1) is 13.6.